The molecule has 0 amide bonds. The third-order valence-electron chi connectivity index (χ3n) is 4.48. The van der Waals surface area contributed by atoms with Gasteiger partial charge in [-0.3, -0.25) is 0 Å². The van der Waals surface area contributed by atoms with E-state index >= 15 is 0 Å². The summed E-state index contributed by atoms with van der Waals surface area (Å²) < 4.78 is 22.6. The van der Waals surface area contributed by atoms with Crippen LogP contribution in [0.3, 0.4) is 0 Å². The molecule has 158 valence electrons. The minimum atomic E-state index is -0.775. The van der Waals surface area contributed by atoms with Gasteiger partial charge >= 0.3 is 11.4 Å². The first-order chi connectivity index (χ1) is 15.1. The minimum absolute atomic E-state index is 0.155. The molecular formula is C23H20N2O6. The van der Waals surface area contributed by atoms with Crippen molar-refractivity contribution in [2.75, 3.05) is 7.11 Å². The van der Waals surface area contributed by atoms with Crippen LogP contribution in [0.4, 0.5) is 0 Å². The van der Waals surface area contributed by atoms with Gasteiger partial charge in [-0.1, -0.05) is 24.3 Å². The van der Waals surface area contributed by atoms with Crippen LogP contribution < -0.4 is 25.7 Å². The summed E-state index contributed by atoms with van der Waals surface area (Å²) in [5.41, 5.74) is 1.17. The summed E-state index contributed by atoms with van der Waals surface area (Å²) in [6.45, 7) is 0.522. The highest BCUT2D eigenvalue weighted by Gasteiger charge is 2.05. The number of aromatic nitrogens is 2. The van der Waals surface area contributed by atoms with Gasteiger partial charge in [-0.25, -0.2) is 14.6 Å². The molecule has 1 heterocycles. The lowest BCUT2D eigenvalue weighted by Crippen LogP contribution is -2.17. The van der Waals surface area contributed by atoms with Crippen molar-refractivity contribution in [3.63, 3.8) is 0 Å². The summed E-state index contributed by atoms with van der Waals surface area (Å²) in [5.74, 6) is 2.09. The Kier molecular flexibility index (Phi) is 5.89. The highest BCUT2D eigenvalue weighted by atomic mass is 16.5. The molecule has 3 aromatic carbocycles. The number of nitrogens with one attached hydrogen (secondary N) is 1. The molecule has 1 aromatic heterocycles. The average molecular weight is 420 g/mol. The molecule has 0 aliphatic heterocycles. The molecule has 0 aliphatic carbocycles. The maximum absolute atomic E-state index is 11.5. The first-order valence-electron chi connectivity index (χ1n) is 9.52. The quantitative estimate of drug-likeness (QED) is 0.468. The molecule has 8 nitrogen and oxygen atoms in total. The molecule has 0 atom stereocenters. The molecule has 0 fully saturated rings. The van der Waals surface area contributed by atoms with Crippen LogP contribution in [0.1, 0.15) is 11.1 Å². The van der Waals surface area contributed by atoms with Gasteiger partial charge in [0.15, 0.2) is 0 Å². The highest BCUT2D eigenvalue weighted by molar-refractivity contribution is 5.37. The Morgan fingerprint density at radius 2 is 1.55 bits per heavy atom. The predicted molar refractivity (Wildman–Crippen MR) is 113 cm³/mol. The Morgan fingerprint density at radius 3 is 2.23 bits per heavy atom. The smallest absolute Gasteiger partial charge is 0.440 e. The first-order valence-corrected chi connectivity index (χ1v) is 9.52. The molecule has 31 heavy (non-hydrogen) atoms. The van der Waals surface area contributed by atoms with E-state index in [1.54, 1.807) is 31.4 Å². The molecule has 0 bridgehead atoms. The summed E-state index contributed by atoms with van der Waals surface area (Å²) in [6, 6.07) is 22.2. The molecule has 0 saturated heterocycles. The zero-order valence-electron chi connectivity index (χ0n) is 16.7. The van der Waals surface area contributed by atoms with E-state index in [1.807, 2.05) is 53.5 Å². The molecule has 0 saturated carbocycles. The summed E-state index contributed by atoms with van der Waals surface area (Å²) in [5, 5.41) is 0. The van der Waals surface area contributed by atoms with E-state index in [0.717, 1.165) is 21.6 Å². The van der Waals surface area contributed by atoms with Crippen LogP contribution in [0.25, 0.3) is 0 Å². The van der Waals surface area contributed by atoms with E-state index in [-0.39, 0.29) is 6.54 Å². The highest BCUT2D eigenvalue weighted by Crippen LogP contribution is 2.25. The normalized spacial score (nSPS) is 10.6. The average Bonchev–Trinajstić information content (AvgIpc) is 3.10. The molecule has 4 rings (SSSR count). The van der Waals surface area contributed by atoms with Crippen LogP contribution in [0, 0.1) is 0 Å². The Morgan fingerprint density at radius 1 is 0.839 bits per heavy atom. The van der Waals surface area contributed by atoms with Gasteiger partial charge in [-0.05, 0) is 59.7 Å². The number of methoxy groups -OCH3 is 1. The van der Waals surface area contributed by atoms with Gasteiger partial charge in [-0.2, -0.15) is 0 Å². The fourth-order valence-electron chi connectivity index (χ4n) is 2.92. The molecule has 0 aliphatic rings. The van der Waals surface area contributed by atoms with Crippen molar-refractivity contribution >= 4 is 0 Å². The van der Waals surface area contributed by atoms with Crippen LogP contribution in [-0.4, -0.2) is 16.8 Å². The van der Waals surface area contributed by atoms with Crippen molar-refractivity contribution in [1.82, 2.24) is 9.72 Å². The van der Waals surface area contributed by atoms with Crippen molar-refractivity contribution in [3.05, 3.63) is 105 Å². The van der Waals surface area contributed by atoms with Gasteiger partial charge in [-0.15, -0.1) is 4.74 Å². The second-order valence-electron chi connectivity index (χ2n) is 6.70. The lowest BCUT2D eigenvalue weighted by atomic mass is 10.2. The zero-order valence-corrected chi connectivity index (χ0v) is 16.7. The van der Waals surface area contributed by atoms with Crippen molar-refractivity contribution < 1.29 is 18.7 Å². The maximum Gasteiger partial charge on any atom is 0.440 e. The Bertz CT molecular complexity index is 1250. The predicted octanol–water partition coefficient (Wildman–Crippen LogP) is 3.56. The van der Waals surface area contributed by atoms with Crippen molar-refractivity contribution in [2.24, 2.45) is 0 Å². The number of rotatable bonds is 8. The summed E-state index contributed by atoms with van der Waals surface area (Å²) in [7, 11) is 1.62. The number of benzene rings is 3. The lowest BCUT2D eigenvalue weighted by molar-refractivity contribution is 0.258. The van der Waals surface area contributed by atoms with Gasteiger partial charge in [0.1, 0.15) is 29.6 Å². The first kappa shape index (κ1) is 20.1. The number of H-pyrrole nitrogens is 1. The van der Waals surface area contributed by atoms with Crippen molar-refractivity contribution in [2.45, 2.75) is 13.2 Å². The SMILES string of the molecule is COc1ccc(Oc2cccc(COc3ccc(Cn4oc(=O)[nH]c4=O)cc3)c2)cc1. The molecule has 8 heteroatoms. The molecule has 1 N–H and O–H groups in total. The fourth-order valence-corrected chi connectivity index (χ4v) is 2.92. The van der Waals surface area contributed by atoms with Crippen LogP contribution in [0.15, 0.2) is 86.9 Å². The third-order valence-corrected chi connectivity index (χ3v) is 4.48. The minimum Gasteiger partial charge on any atom is -0.497 e. The summed E-state index contributed by atoms with van der Waals surface area (Å²) in [4.78, 5) is 24.6. The van der Waals surface area contributed by atoms with E-state index < -0.39 is 11.4 Å². The van der Waals surface area contributed by atoms with Gasteiger partial charge < -0.3 is 18.7 Å². The van der Waals surface area contributed by atoms with Crippen LogP contribution in [-0.2, 0) is 13.2 Å². The van der Waals surface area contributed by atoms with Gasteiger partial charge in [0.05, 0.1) is 13.7 Å². The van der Waals surface area contributed by atoms with E-state index in [9.17, 15) is 9.59 Å². The fraction of sp³-hybridized carbons (Fsp3) is 0.130. The number of hydrogen-bond acceptors (Lipinski definition) is 6. The van der Waals surface area contributed by atoms with E-state index in [4.69, 9.17) is 18.7 Å². The number of aromatic amines is 1. The van der Waals surface area contributed by atoms with Gasteiger partial charge in [0.2, 0.25) is 0 Å². The lowest BCUT2D eigenvalue weighted by Gasteiger charge is -2.10. The third kappa shape index (κ3) is 5.24. The van der Waals surface area contributed by atoms with E-state index in [0.29, 0.717) is 23.9 Å². The Labute approximate surface area is 177 Å². The molecule has 0 radical (unpaired) electrons. The largest absolute Gasteiger partial charge is 0.497 e. The molecule has 0 spiro atoms. The van der Waals surface area contributed by atoms with Gasteiger partial charge in [0.25, 0.3) is 0 Å². The second-order valence-corrected chi connectivity index (χ2v) is 6.70. The van der Waals surface area contributed by atoms with E-state index in [2.05, 4.69) is 0 Å². The van der Waals surface area contributed by atoms with Crippen LogP contribution >= 0.6 is 0 Å². The molecular weight excluding hydrogens is 400 g/mol. The monoisotopic (exact) mass is 420 g/mol. The van der Waals surface area contributed by atoms with Crippen molar-refractivity contribution in [1.29, 1.82) is 0 Å². The van der Waals surface area contributed by atoms with E-state index in [1.165, 1.54) is 0 Å². The molecule has 4 aromatic rings. The molecule has 0 unspecified atom stereocenters. The number of hydrogen-bond donors (Lipinski definition) is 1. The zero-order chi connectivity index (χ0) is 21.6. The van der Waals surface area contributed by atoms with Gasteiger partial charge in [0, 0.05) is 0 Å². The van der Waals surface area contributed by atoms with Crippen molar-refractivity contribution in [3.8, 4) is 23.0 Å². The second kappa shape index (κ2) is 9.08. The Hall–Kier alpha value is -4.20. The van der Waals surface area contributed by atoms with Crippen LogP contribution in [0.5, 0.6) is 23.0 Å². The van der Waals surface area contributed by atoms with Crippen LogP contribution in [0.2, 0.25) is 0 Å². The number of nitrogens with zero attached hydrogens (tertiary/aromatic N) is 1. The summed E-state index contributed by atoms with van der Waals surface area (Å²) >= 11 is 0. The topological polar surface area (TPSA) is 95.7 Å². The standard InChI is InChI=1S/C23H20N2O6/c1-28-18-9-11-20(12-10-18)30-21-4-2-3-17(13-21)15-29-19-7-5-16(6-8-19)14-25-22(26)24-23(27)31-25/h2-13H,14-15H2,1H3,(H,24,26,27). The maximum atomic E-state index is 11.5. The number of ether oxygens (including phenoxy) is 3. The summed E-state index contributed by atoms with van der Waals surface area (Å²) in [6.07, 6.45) is 0. The Balaban J connectivity index is 1.35.